The van der Waals surface area contributed by atoms with Crippen molar-refractivity contribution in [1.29, 1.82) is 0 Å². The first-order valence-electron chi connectivity index (χ1n) is 11.7. The largest absolute Gasteiger partial charge is 0.147 e. The molecule has 31 heavy (non-hydrogen) atoms. The molecule has 0 unspecified atom stereocenters. The van der Waals surface area contributed by atoms with Crippen LogP contribution in [0.25, 0.3) is 5.69 Å². The summed E-state index contributed by atoms with van der Waals surface area (Å²) in [5, 5.41) is 0. The van der Waals surface area contributed by atoms with Crippen molar-refractivity contribution in [3.05, 3.63) is 64.7 Å². The number of allylic oxidation sites excluding steroid dienone is 1. The Balaban J connectivity index is 0.00000113. The van der Waals surface area contributed by atoms with Crippen LogP contribution in [-0.2, 0) is 18.7 Å². The van der Waals surface area contributed by atoms with Gasteiger partial charge in [0.2, 0.25) is 0 Å². The summed E-state index contributed by atoms with van der Waals surface area (Å²) in [5.74, 6) is 0. The van der Waals surface area contributed by atoms with Crippen LogP contribution in [0.1, 0.15) is 93.4 Å². The second-order valence-electron chi connectivity index (χ2n) is 8.77. The molecule has 0 saturated heterocycles. The number of nitrogens with zero attached hydrogens (tertiary/aromatic N) is 2. The summed E-state index contributed by atoms with van der Waals surface area (Å²) in [6.07, 6.45) is 21.4. The van der Waals surface area contributed by atoms with Crippen molar-refractivity contribution in [3.8, 4) is 5.69 Å². The Morgan fingerprint density at radius 2 is 1.29 bits per heavy atom. The molecule has 0 radical (unpaired) electrons. The maximum Gasteiger partial charge on any atom is -0.147 e. The maximum absolute atomic E-state index is 3.62. The molecule has 0 N–H and O–H groups in total. The van der Waals surface area contributed by atoms with E-state index in [4.69, 9.17) is 0 Å². The van der Waals surface area contributed by atoms with Crippen molar-refractivity contribution in [2.45, 2.75) is 97.4 Å². The smallest absolute Gasteiger partial charge is 0.147 e. The molecule has 1 aliphatic rings. The molecule has 178 valence electrons. The summed E-state index contributed by atoms with van der Waals surface area (Å²) < 4.78 is 6.08. The van der Waals surface area contributed by atoms with E-state index in [2.05, 4.69) is 86.7 Å². The van der Waals surface area contributed by atoms with Crippen LogP contribution in [0.5, 0.6) is 0 Å². The molecular formula is C27H42ClN2Pd-. The number of hydrogen-bond donors (Lipinski definition) is 0. The van der Waals surface area contributed by atoms with Crippen molar-refractivity contribution < 1.29 is 18.7 Å². The maximum atomic E-state index is 3.62. The first kappa shape index (κ1) is 28.0. The zero-order chi connectivity index (χ0) is 21.9. The van der Waals surface area contributed by atoms with Crippen molar-refractivity contribution in [1.82, 2.24) is 9.13 Å². The minimum atomic E-state index is 0. The van der Waals surface area contributed by atoms with Crippen molar-refractivity contribution in [3.63, 3.8) is 0 Å². The van der Waals surface area contributed by atoms with E-state index in [-0.39, 0.29) is 12.4 Å². The summed E-state index contributed by atoms with van der Waals surface area (Å²) in [7, 11) is 0. The van der Waals surface area contributed by atoms with Crippen LogP contribution in [0, 0.1) is 31.6 Å². The van der Waals surface area contributed by atoms with E-state index >= 15 is 0 Å². The van der Waals surface area contributed by atoms with Gasteiger partial charge in [-0.3, -0.25) is 0 Å². The summed E-state index contributed by atoms with van der Waals surface area (Å²) in [6, 6.07) is 5.21. The predicted octanol–water partition coefficient (Wildman–Crippen LogP) is 8.56. The second-order valence-corrected chi connectivity index (χ2v) is 9.46. The van der Waals surface area contributed by atoms with Crippen LogP contribution in [0.3, 0.4) is 0 Å². The summed E-state index contributed by atoms with van der Waals surface area (Å²) >= 11 is 3.62. The van der Waals surface area contributed by atoms with Crippen molar-refractivity contribution in [2.75, 3.05) is 0 Å². The van der Waals surface area contributed by atoms with Crippen molar-refractivity contribution >= 4 is 12.4 Å². The topological polar surface area (TPSA) is 9.86 Å². The van der Waals surface area contributed by atoms with E-state index in [9.17, 15) is 0 Å². The number of rotatable bonds is 2. The molecule has 1 aliphatic carbocycles. The molecule has 0 bridgehead atoms. The van der Waals surface area contributed by atoms with Gasteiger partial charge in [0.05, 0.1) is 0 Å². The molecule has 2 aromatic rings. The number of imidazole rings is 1. The van der Waals surface area contributed by atoms with Gasteiger partial charge in [-0.25, -0.2) is 19.6 Å². The van der Waals surface area contributed by atoms with Gasteiger partial charge in [-0.15, -0.1) is 12.4 Å². The van der Waals surface area contributed by atoms with Gasteiger partial charge >= 0.3 is 176 Å². The molecule has 1 aromatic carbocycles. The zero-order valence-corrected chi connectivity index (χ0v) is 22.1. The SMILES string of the molecule is C=C[CH2-].Cc1cc(C)c(-n2ccn(C3CCCCCCCCCCC3)[c]2=[Pd])c(C)c1.Cl. The van der Waals surface area contributed by atoms with Gasteiger partial charge in [-0.1, -0.05) is 0 Å². The minimum Gasteiger partial charge on any atom is -0.147 e. The van der Waals surface area contributed by atoms with Gasteiger partial charge in [0.15, 0.2) is 0 Å². The third-order valence-electron chi connectivity index (χ3n) is 6.10. The molecule has 3 rings (SSSR count). The molecule has 4 heteroatoms. The normalized spacial score (nSPS) is 16.2. The van der Waals surface area contributed by atoms with E-state index in [0.717, 1.165) is 0 Å². The van der Waals surface area contributed by atoms with Crippen LogP contribution in [0.15, 0.2) is 37.2 Å². The number of hydrogen-bond acceptors (Lipinski definition) is 0. The van der Waals surface area contributed by atoms with Gasteiger partial charge < -0.3 is 0 Å². The molecule has 1 fully saturated rings. The van der Waals surface area contributed by atoms with Gasteiger partial charge in [-0.05, 0) is 0 Å². The van der Waals surface area contributed by atoms with Gasteiger partial charge in [0.25, 0.3) is 0 Å². The Kier molecular flexibility index (Phi) is 13.5. The molecular weight excluding hydrogens is 494 g/mol. The minimum absolute atomic E-state index is 0. The summed E-state index contributed by atoms with van der Waals surface area (Å²) in [4.78, 5) is 0. The second kappa shape index (κ2) is 14.9. The molecule has 2 nitrogen and oxygen atoms in total. The van der Waals surface area contributed by atoms with Crippen LogP contribution in [0.4, 0.5) is 0 Å². The van der Waals surface area contributed by atoms with E-state index < -0.39 is 0 Å². The molecule has 1 aromatic heterocycles. The third kappa shape index (κ3) is 8.45. The van der Waals surface area contributed by atoms with Crippen LogP contribution >= 0.6 is 12.4 Å². The summed E-state index contributed by atoms with van der Waals surface area (Å²) in [6.45, 7) is 13.1. The number of halogens is 1. The van der Waals surface area contributed by atoms with Gasteiger partial charge in [0.1, 0.15) is 0 Å². The first-order valence-corrected chi connectivity index (χ1v) is 12.5. The van der Waals surface area contributed by atoms with E-state index in [1.807, 2.05) is 0 Å². The fourth-order valence-corrected chi connectivity index (χ4v) is 5.46. The average molecular weight is 537 g/mol. The Morgan fingerprint density at radius 1 is 0.871 bits per heavy atom. The molecule has 0 spiro atoms. The monoisotopic (exact) mass is 535 g/mol. The molecule has 1 saturated carbocycles. The third-order valence-corrected chi connectivity index (χ3v) is 6.88. The Morgan fingerprint density at radius 3 is 1.74 bits per heavy atom. The summed E-state index contributed by atoms with van der Waals surface area (Å²) in [5.41, 5.74) is 5.37. The predicted molar refractivity (Wildman–Crippen MR) is 134 cm³/mol. The first-order chi connectivity index (χ1) is 14.5. The number of aryl methyl sites for hydroxylation is 3. The fourth-order valence-electron chi connectivity index (χ4n) is 4.77. The zero-order valence-electron chi connectivity index (χ0n) is 19.8. The number of benzene rings is 1. The van der Waals surface area contributed by atoms with Crippen LogP contribution in [0.2, 0.25) is 0 Å². The Bertz CT molecular complexity index is 814. The van der Waals surface area contributed by atoms with E-state index in [1.165, 1.54) is 103 Å². The molecule has 0 amide bonds. The average Bonchev–Trinajstić information content (AvgIpc) is 3.03. The Hall–Kier alpha value is -1.01. The van der Waals surface area contributed by atoms with Crippen LogP contribution in [-0.4, -0.2) is 9.13 Å². The van der Waals surface area contributed by atoms with Crippen molar-refractivity contribution in [2.24, 2.45) is 0 Å². The van der Waals surface area contributed by atoms with E-state index in [0.29, 0.717) is 6.04 Å². The molecule has 0 atom stereocenters. The van der Waals surface area contributed by atoms with Crippen LogP contribution < -0.4 is 0 Å². The quantitative estimate of drug-likeness (QED) is 0.269. The van der Waals surface area contributed by atoms with Gasteiger partial charge in [0, 0.05) is 0 Å². The van der Waals surface area contributed by atoms with E-state index in [1.54, 1.807) is 0 Å². The fraction of sp³-hybridized carbons (Fsp3) is 0.556. The standard InChI is InChI=1S/C24H36N2.C3H5.ClH.Pd/c1-20-17-21(2)24(22(3)18-20)26-16-15-25(19-26)23-13-11-9-7-5-4-6-8-10-12-14-23;1-3-2;;/h15-18,23H,4-14H2,1-3H3;3H,1-2H2;1H;/q;-1;;. The van der Waals surface area contributed by atoms with Gasteiger partial charge in [-0.2, -0.15) is 0 Å². The number of aromatic nitrogens is 2. The molecule has 0 aliphatic heterocycles. The molecule has 1 heterocycles. The Labute approximate surface area is 207 Å².